The molecule has 24 heavy (non-hydrogen) atoms. The number of nitrogens with zero attached hydrogens (tertiary/aromatic N) is 1. The monoisotopic (exact) mass is 459 g/mol. The lowest BCUT2D eigenvalue weighted by atomic mass is 10.1. The molecule has 1 heterocycles. The van der Waals surface area contributed by atoms with Gasteiger partial charge in [-0.15, -0.1) is 0 Å². The van der Waals surface area contributed by atoms with E-state index < -0.39 is 11.5 Å². The van der Waals surface area contributed by atoms with Crippen LogP contribution in [0.15, 0.2) is 25.9 Å². The summed E-state index contributed by atoms with van der Waals surface area (Å²) in [4.78, 5) is 29.3. The van der Waals surface area contributed by atoms with Crippen LogP contribution in [0, 0.1) is 0 Å². The molecule has 8 heteroatoms. The molecule has 0 saturated heterocycles. The van der Waals surface area contributed by atoms with Gasteiger partial charge in [-0.25, -0.2) is 0 Å². The van der Waals surface area contributed by atoms with E-state index in [1.807, 2.05) is 13.8 Å². The highest BCUT2D eigenvalue weighted by molar-refractivity contribution is 9.11. The van der Waals surface area contributed by atoms with Crippen molar-refractivity contribution in [2.75, 3.05) is 26.2 Å². The van der Waals surface area contributed by atoms with Gasteiger partial charge >= 0.3 is 0 Å². The van der Waals surface area contributed by atoms with Gasteiger partial charge < -0.3 is 20.3 Å². The Hall–Kier alpha value is -1.38. The summed E-state index contributed by atoms with van der Waals surface area (Å²) in [6, 6.07) is 3.40. The Morgan fingerprint density at radius 3 is 2.58 bits per heavy atom. The molecule has 1 aromatic heterocycles. The molecule has 0 unspecified atom stereocenters. The molecule has 0 aliphatic carbocycles. The van der Waals surface area contributed by atoms with Gasteiger partial charge in [0, 0.05) is 27.4 Å². The number of aromatic nitrogens is 1. The van der Waals surface area contributed by atoms with Crippen LogP contribution in [0.1, 0.15) is 24.2 Å². The highest BCUT2D eigenvalue weighted by atomic mass is 79.9. The molecular formula is C16H19Br2N3O3. The first kappa shape index (κ1) is 19.0. The first-order valence-electron chi connectivity index (χ1n) is 7.63. The second-order valence-corrected chi connectivity index (χ2v) is 7.04. The SMILES string of the molecule is CCN(CC)CCNC(=O)c1c(O)c2cc(Br)cc(Br)c2[nH]c1=O. The Kier molecular flexibility index (Phi) is 6.42. The molecule has 1 amide bonds. The minimum absolute atomic E-state index is 0.271. The smallest absolute Gasteiger partial charge is 0.265 e. The van der Waals surface area contributed by atoms with Gasteiger partial charge in [0.2, 0.25) is 0 Å². The number of benzene rings is 1. The Labute approximate surface area is 156 Å². The number of aromatic amines is 1. The number of halogens is 2. The molecule has 0 saturated carbocycles. The van der Waals surface area contributed by atoms with E-state index >= 15 is 0 Å². The summed E-state index contributed by atoms with van der Waals surface area (Å²) in [5, 5.41) is 13.5. The fourth-order valence-electron chi connectivity index (χ4n) is 2.47. The molecule has 130 valence electrons. The van der Waals surface area contributed by atoms with Crippen LogP contribution in [0.25, 0.3) is 10.9 Å². The van der Waals surface area contributed by atoms with E-state index in [1.54, 1.807) is 12.1 Å². The summed E-state index contributed by atoms with van der Waals surface area (Å²) in [6.45, 7) is 6.94. The van der Waals surface area contributed by atoms with Crippen LogP contribution in [-0.4, -0.2) is 47.1 Å². The molecule has 0 aliphatic rings. The van der Waals surface area contributed by atoms with Gasteiger partial charge in [-0.1, -0.05) is 29.8 Å². The van der Waals surface area contributed by atoms with Crippen molar-refractivity contribution in [1.29, 1.82) is 0 Å². The molecule has 0 aliphatic heterocycles. The van der Waals surface area contributed by atoms with Crippen LogP contribution in [0.2, 0.25) is 0 Å². The number of fused-ring (bicyclic) bond motifs is 1. The Morgan fingerprint density at radius 2 is 1.96 bits per heavy atom. The largest absolute Gasteiger partial charge is 0.506 e. The van der Waals surface area contributed by atoms with Gasteiger partial charge in [0.25, 0.3) is 11.5 Å². The minimum atomic E-state index is -0.622. The quantitative estimate of drug-likeness (QED) is 0.618. The molecule has 2 rings (SSSR count). The number of likely N-dealkylation sites (N-methyl/N-ethyl adjacent to an activating group) is 1. The van der Waals surface area contributed by atoms with Crippen LogP contribution < -0.4 is 10.9 Å². The third kappa shape index (κ3) is 3.99. The molecule has 0 fully saturated rings. The average Bonchev–Trinajstić information content (AvgIpc) is 2.53. The Morgan fingerprint density at radius 1 is 1.29 bits per heavy atom. The topological polar surface area (TPSA) is 85.4 Å². The number of carbonyl (C=O) groups excluding carboxylic acids is 1. The lowest BCUT2D eigenvalue weighted by molar-refractivity contribution is 0.0945. The molecule has 0 bridgehead atoms. The first-order valence-corrected chi connectivity index (χ1v) is 9.22. The number of nitrogens with one attached hydrogen (secondary N) is 2. The van der Waals surface area contributed by atoms with Gasteiger partial charge in [0.15, 0.2) is 0 Å². The second kappa shape index (κ2) is 8.13. The maximum absolute atomic E-state index is 12.3. The average molecular weight is 461 g/mol. The Balaban J connectivity index is 2.32. The van der Waals surface area contributed by atoms with Crippen molar-refractivity contribution < 1.29 is 9.90 Å². The van der Waals surface area contributed by atoms with Crippen LogP contribution in [0.4, 0.5) is 0 Å². The molecule has 0 atom stereocenters. The van der Waals surface area contributed by atoms with E-state index in [1.165, 1.54) is 0 Å². The van der Waals surface area contributed by atoms with E-state index in [-0.39, 0.29) is 11.3 Å². The van der Waals surface area contributed by atoms with Crippen LogP contribution in [0.3, 0.4) is 0 Å². The highest BCUT2D eigenvalue weighted by Gasteiger charge is 2.20. The number of H-pyrrole nitrogens is 1. The van der Waals surface area contributed by atoms with Crippen LogP contribution >= 0.6 is 31.9 Å². The van der Waals surface area contributed by atoms with E-state index in [4.69, 9.17) is 0 Å². The predicted molar refractivity (Wildman–Crippen MR) is 102 cm³/mol. The highest BCUT2D eigenvalue weighted by Crippen LogP contribution is 2.32. The van der Waals surface area contributed by atoms with Crippen molar-refractivity contribution in [2.24, 2.45) is 0 Å². The zero-order valence-electron chi connectivity index (χ0n) is 13.4. The van der Waals surface area contributed by atoms with Crippen molar-refractivity contribution in [1.82, 2.24) is 15.2 Å². The minimum Gasteiger partial charge on any atom is -0.506 e. The third-order valence-corrected chi connectivity index (χ3v) is 4.93. The summed E-state index contributed by atoms with van der Waals surface area (Å²) < 4.78 is 1.34. The van der Waals surface area contributed by atoms with Crippen molar-refractivity contribution in [3.8, 4) is 5.75 Å². The zero-order valence-corrected chi connectivity index (χ0v) is 16.6. The van der Waals surface area contributed by atoms with E-state index in [9.17, 15) is 14.7 Å². The summed E-state index contributed by atoms with van der Waals surface area (Å²) in [5.41, 5.74) is -0.448. The third-order valence-electron chi connectivity index (χ3n) is 3.85. The molecule has 3 N–H and O–H groups in total. The van der Waals surface area contributed by atoms with Crippen molar-refractivity contribution in [3.05, 3.63) is 37.0 Å². The lowest BCUT2D eigenvalue weighted by Crippen LogP contribution is -2.36. The maximum atomic E-state index is 12.3. The first-order chi connectivity index (χ1) is 11.4. The van der Waals surface area contributed by atoms with E-state index in [0.29, 0.717) is 28.5 Å². The van der Waals surface area contributed by atoms with Gasteiger partial charge in [0.1, 0.15) is 11.3 Å². The van der Waals surface area contributed by atoms with Crippen LogP contribution in [0.5, 0.6) is 5.75 Å². The number of hydrogen-bond donors (Lipinski definition) is 3. The molecule has 6 nitrogen and oxygen atoms in total. The summed E-state index contributed by atoms with van der Waals surface area (Å²) in [7, 11) is 0. The zero-order chi connectivity index (χ0) is 17.9. The van der Waals surface area contributed by atoms with Gasteiger partial charge in [-0.3, -0.25) is 9.59 Å². The number of rotatable bonds is 6. The lowest BCUT2D eigenvalue weighted by Gasteiger charge is -2.18. The van der Waals surface area contributed by atoms with Crippen molar-refractivity contribution in [3.63, 3.8) is 0 Å². The summed E-state index contributed by atoms with van der Waals surface area (Å²) in [5.74, 6) is -0.907. The number of aromatic hydroxyl groups is 1. The summed E-state index contributed by atoms with van der Waals surface area (Å²) >= 11 is 6.67. The number of amides is 1. The molecular weight excluding hydrogens is 442 g/mol. The molecule has 2 aromatic rings. The number of pyridine rings is 1. The fourth-order valence-corrected chi connectivity index (χ4v) is 3.80. The molecule has 0 radical (unpaired) electrons. The fraction of sp³-hybridized carbons (Fsp3) is 0.375. The number of hydrogen-bond acceptors (Lipinski definition) is 4. The van der Waals surface area contributed by atoms with E-state index in [0.717, 1.165) is 17.6 Å². The maximum Gasteiger partial charge on any atom is 0.265 e. The normalized spacial score (nSPS) is 11.2. The second-order valence-electron chi connectivity index (χ2n) is 5.27. The number of carbonyl (C=O) groups is 1. The summed E-state index contributed by atoms with van der Waals surface area (Å²) in [6.07, 6.45) is 0. The Bertz CT molecular complexity index is 816. The van der Waals surface area contributed by atoms with Crippen molar-refractivity contribution >= 4 is 48.7 Å². The molecule has 1 aromatic carbocycles. The van der Waals surface area contributed by atoms with E-state index in [2.05, 4.69) is 47.1 Å². The predicted octanol–water partition coefficient (Wildman–Crippen LogP) is 2.83. The van der Waals surface area contributed by atoms with Crippen molar-refractivity contribution in [2.45, 2.75) is 13.8 Å². The van der Waals surface area contributed by atoms with Gasteiger partial charge in [-0.05, 0) is 41.2 Å². The standard InChI is InChI=1S/C16H19Br2N3O3/c1-3-21(4-2)6-5-19-15(23)12-14(22)10-7-9(17)8-11(18)13(10)20-16(12)24/h7-8H,3-6H2,1-2H3,(H,19,23)(H2,20,22,24). The van der Waals surface area contributed by atoms with Gasteiger partial charge in [-0.2, -0.15) is 0 Å². The molecule has 0 spiro atoms. The van der Waals surface area contributed by atoms with Crippen LogP contribution in [-0.2, 0) is 0 Å². The van der Waals surface area contributed by atoms with Gasteiger partial charge in [0.05, 0.1) is 5.52 Å².